The Labute approximate surface area is 358 Å². The summed E-state index contributed by atoms with van der Waals surface area (Å²) in [5, 5.41) is 7.04. The molecule has 0 spiro atoms. The minimum Gasteiger partial charge on any atom is -0.309 e. The van der Waals surface area contributed by atoms with Gasteiger partial charge in [-0.05, 0) is 118 Å². The third-order valence-corrected chi connectivity index (χ3v) is 11.7. The van der Waals surface area contributed by atoms with E-state index in [2.05, 4.69) is 254 Å². The van der Waals surface area contributed by atoms with E-state index >= 15 is 0 Å². The lowest BCUT2D eigenvalue weighted by Gasteiger charge is -2.33. The molecule has 0 unspecified atom stereocenters. The first-order chi connectivity index (χ1) is 30.1. The van der Waals surface area contributed by atoms with Gasteiger partial charge in [0.1, 0.15) is 0 Å². The van der Waals surface area contributed by atoms with Crippen LogP contribution in [0, 0.1) is 0 Å². The van der Waals surface area contributed by atoms with Crippen molar-refractivity contribution in [2.24, 2.45) is 0 Å². The van der Waals surface area contributed by atoms with Gasteiger partial charge < -0.3 is 9.80 Å². The minimum absolute atomic E-state index is 1.09. The van der Waals surface area contributed by atoms with Crippen molar-refractivity contribution in [3.63, 3.8) is 0 Å². The highest BCUT2D eigenvalue weighted by atomic mass is 15.2. The van der Waals surface area contributed by atoms with Crippen molar-refractivity contribution in [2.75, 3.05) is 9.80 Å². The Balaban J connectivity index is 1.36. The molecule has 0 aromatic heterocycles. The maximum atomic E-state index is 4.11. The Kier molecular flexibility index (Phi) is 10.0. The van der Waals surface area contributed by atoms with E-state index in [4.69, 9.17) is 0 Å². The van der Waals surface area contributed by atoms with Crippen LogP contribution in [0.1, 0.15) is 23.6 Å². The van der Waals surface area contributed by atoms with Gasteiger partial charge in [-0.25, -0.2) is 0 Å². The molecule has 0 saturated carbocycles. The number of benzene rings is 10. The van der Waals surface area contributed by atoms with Gasteiger partial charge in [0, 0.05) is 44.3 Å². The minimum atomic E-state index is 1.09. The van der Waals surface area contributed by atoms with Gasteiger partial charge in [0.15, 0.2) is 0 Å². The molecule has 0 bridgehead atoms. The van der Waals surface area contributed by atoms with Crippen LogP contribution in [0.2, 0.25) is 0 Å². The van der Waals surface area contributed by atoms with Crippen molar-refractivity contribution in [2.45, 2.75) is 6.92 Å². The van der Waals surface area contributed by atoms with Gasteiger partial charge >= 0.3 is 0 Å². The normalized spacial score (nSPS) is 11.5. The highest BCUT2D eigenvalue weighted by Gasteiger charge is 2.26. The van der Waals surface area contributed by atoms with Crippen LogP contribution in [0.3, 0.4) is 0 Å². The molecular formula is C59H44N2. The van der Waals surface area contributed by atoms with E-state index < -0.39 is 0 Å². The number of fused-ring (bicyclic) bond motifs is 3. The third-order valence-electron chi connectivity index (χ3n) is 11.7. The molecule has 0 atom stereocenters. The maximum Gasteiger partial charge on any atom is 0.0620 e. The second-order valence-electron chi connectivity index (χ2n) is 15.5. The first-order valence-electron chi connectivity index (χ1n) is 20.9. The van der Waals surface area contributed by atoms with E-state index in [1.807, 2.05) is 6.08 Å². The van der Waals surface area contributed by atoms with Crippen LogP contribution in [-0.4, -0.2) is 0 Å². The van der Waals surface area contributed by atoms with Gasteiger partial charge in [-0.2, -0.15) is 0 Å². The van der Waals surface area contributed by atoms with Crippen LogP contribution in [0.25, 0.3) is 61.2 Å². The lowest BCUT2D eigenvalue weighted by molar-refractivity contribution is 1.29. The van der Waals surface area contributed by atoms with Crippen LogP contribution in [-0.2, 0) is 0 Å². The van der Waals surface area contributed by atoms with Crippen LogP contribution in [0.15, 0.2) is 231 Å². The fourth-order valence-electron chi connectivity index (χ4n) is 8.73. The van der Waals surface area contributed by atoms with Crippen molar-refractivity contribution in [1.82, 2.24) is 0 Å². The molecule has 2 nitrogen and oxygen atoms in total. The number of hydrogen-bond donors (Lipinski definition) is 0. The van der Waals surface area contributed by atoms with Crippen LogP contribution >= 0.6 is 0 Å². The van der Waals surface area contributed by atoms with Crippen LogP contribution in [0.5, 0.6) is 0 Å². The predicted octanol–water partition coefficient (Wildman–Crippen LogP) is 17.0. The van der Waals surface area contributed by atoms with Crippen molar-refractivity contribution in [1.29, 1.82) is 0 Å². The Bertz CT molecular complexity index is 3130. The molecule has 0 saturated heterocycles. The number of allylic oxidation sites excluding steroid dienone is 1. The molecular weight excluding hydrogens is 737 g/mol. The fourth-order valence-corrected chi connectivity index (χ4v) is 8.73. The lowest BCUT2D eigenvalue weighted by atomic mass is 9.90. The van der Waals surface area contributed by atoms with E-state index in [0.717, 1.165) is 77.9 Å². The van der Waals surface area contributed by atoms with Gasteiger partial charge in [-0.15, -0.1) is 0 Å². The summed E-state index contributed by atoms with van der Waals surface area (Å²) in [7, 11) is 0. The van der Waals surface area contributed by atoms with Crippen molar-refractivity contribution >= 4 is 84.2 Å². The molecule has 0 aliphatic carbocycles. The molecule has 10 rings (SSSR count). The van der Waals surface area contributed by atoms with E-state index in [1.165, 1.54) is 21.9 Å². The van der Waals surface area contributed by atoms with Crippen molar-refractivity contribution in [3.05, 3.63) is 248 Å². The average Bonchev–Trinajstić information content (AvgIpc) is 3.33. The molecule has 10 aromatic carbocycles. The number of para-hydroxylation sites is 4. The summed E-state index contributed by atoms with van der Waals surface area (Å²) in [6.45, 7) is 6.32. The topological polar surface area (TPSA) is 6.48 Å². The van der Waals surface area contributed by atoms with E-state index in [9.17, 15) is 0 Å². The Morgan fingerprint density at radius 1 is 0.377 bits per heavy atom. The van der Waals surface area contributed by atoms with Gasteiger partial charge in [-0.1, -0.05) is 176 Å². The Morgan fingerprint density at radius 2 is 0.803 bits per heavy atom. The number of nitrogens with zero attached hydrogens (tertiary/aromatic N) is 2. The largest absolute Gasteiger partial charge is 0.309 e. The number of hydrogen-bond acceptors (Lipinski definition) is 2. The summed E-state index contributed by atoms with van der Waals surface area (Å²) in [5.74, 6) is 0. The van der Waals surface area contributed by atoms with E-state index in [0.29, 0.717) is 0 Å². The summed E-state index contributed by atoms with van der Waals surface area (Å²) < 4.78 is 0. The van der Waals surface area contributed by atoms with Crippen LogP contribution in [0.4, 0.5) is 34.1 Å². The Morgan fingerprint density at radius 3 is 1.34 bits per heavy atom. The Hall–Kier alpha value is -7.94. The quantitative estimate of drug-likeness (QED) is 0.0775. The summed E-state index contributed by atoms with van der Waals surface area (Å²) in [6, 6.07) is 81.0. The highest BCUT2D eigenvalue weighted by molar-refractivity contribution is 6.24. The standard InChI is InChI=1S/C59H44N2/c1-3-43-20-16-18-22-46(43)38-42(2)45-34-36-54-56(40-45)58(60(50-24-8-4-9-25-50)51-26-10-5-11-27-51)55-37-35-49(48-33-32-44-21-17-19-23-47(44)39-48)41-57(55)59(54)61(52-28-12-6-13-29-52)53-30-14-7-15-31-53/h3-41H,1H2,2H3/b42-38+. The second-order valence-corrected chi connectivity index (χ2v) is 15.5. The summed E-state index contributed by atoms with van der Waals surface area (Å²) >= 11 is 0. The molecule has 2 heteroatoms. The molecule has 10 aromatic rings. The first kappa shape index (κ1) is 37.3. The molecule has 0 amide bonds. The first-order valence-corrected chi connectivity index (χ1v) is 20.9. The molecule has 0 radical (unpaired) electrons. The molecule has 0 aliphatic heterocycles. The van der Waals surface area contributed by atoms with Crippen molar-refractivity contribution < 1.29 is 0 Å². The molecule has 0 aliphatic rings. The maximum absolute atomic E-state index is 4.11. The molecule has 61 heavy (non-hydrogen) atoms. The van der Waals surface area contributed by atoms with Crippen molar-refractivity contribution in [3.8, 4) is 11.1 Å². The zero-order valence-corrected chi connectivity index (χ0v) is 34.1. The average molecular weight is 781 g/mol. The predicted molar refractivity (Wildman–Crippen MR) is 264 cm³/mol. The van der Waals surface area contributed by atoms with E-state index in [-0.39, 0.29) is 0 Å². The number of rotatable bonds is 10. The monoisotopic (exact) mass is 780 g/mol. The van der Waals surface area contributed by atoms with Gasteiger partial charge in [0.25, 0.3) is 0 Å². The zero-order valence-electron chi connectivity index (χ0n) is 34.1. The smallest absolute Gasteiger partial charge is 0.0620 e. The number of anilines is 6. The SMILES string of the molecule is C=Cc1ccccc1/C=C(\C)c1ccc2c(N(c3ccccc3)c3ccccc3)c3cc(-c4ccc5ccccc5c4)ccc3c(N(c3ccccc3)c3ccccc3)c2c1. The highest BCUT2D eigenvalue weighted by Crippen LogP contribution is 2.52. The molecule has 290 valence electrons. The molecule has 0 fully saturated rings. The van der Waals surface area contributed by atoms with Crippen LogP contribution < -0.4 is 9.80 Å². The zero-order chi connectivity index (χ0) is 41.1. The fraction of sp³-hybridized carbons (Fsp3) is 0.0169. The van der Waals surface area contributed by atoms with E-state index in [1.54, 1.807) is 0 Å². The molecule has 0 heterocycles. The van der Waals surface area contributed by atoms with Gasteiger partial charge in [0.2, 0.25) is 0 Å². The van der Waals surface area contributed by atoms with Gasteiger partial charge in [0.05, 0.1) is 11.4 Å². The second kappa shape index (κ2) is 16.4. The molecule has 0 N–H and O–H groups in total. The summed E-state index contributed by atoms with van der Waals surface area (Å²) in [5.41, 5.74) is 13.5. The summed E-state index contributed by atoms with van der Waals surface area (Å²) in [6.07, 6.45) is 4.21. The lowest BCUT2D eigenvalue weighted by Crippen LogP contribution is -2.14. The summed E-state index contributed by atoms with van der Waals surface area (Å²) in [4.78, 5) is 4.88. The third kappa shape index (κ3) is 7.15. The van der Waals surface area contributed by atoms with Gasteiger partial charge in [-0.3, -0.25) is 0 Å².